The second kappa shape index (κ2) is 5.69. The summed E-state index contributed by atoms with van der Waals surface area (Å²) in [5, 5.41) is 0.624. The molecule has 0 amide bonds. The fourth-order valence-corrected chi connectivity index (χ4v) is 1.66. The maximum Gasteiger partial charge on any atom is 0.240 e. The highest BCUT2D eigenvalue weighted by Crippen LogP contribution is 2.38. The van der Waals surface area contributed by atoms with Gasteiger partial charge in [0.1, 0.15) is 11.4 Å². The first kappa shape index (κ1) is 12.7. The Kier molecular flexibility index (Phi) is 4.00. The first-order chi connectivity index (χ1) is 8.70. The van der Waals surface area contributed by atoms with Crippen LogP contribution in [-0.4, -0.2) is 6.08 Å². The van der Waals surface area contributed by atoms with Crippen molar-refractivity contribution in [3.05, 3.63) is 52.5 Å². The monoisotopic (exact) mass is 279 g/mol. The molecule has 0 unspecified atom stereocenters. The molecule has 90 valence electrons. The van der Waals surface area contributed by atoms with Crippen molar-refractivity contribution >= 4 is 35.0 Å². The van der Waals surface area contributed by atoms with E-state index in [1.54, 1.807) is 12.1 Å². The first-order valence-corrected chi connectivity index (χ1v) is 5.76. The number of halogens is 2. The van der Waals surface area contributed by atoms with Gasteiger partial charge in [-0.15, -0.1) is 0 Å². The quantitative estimate of drug-likeness (QED) is 0.601. The van der Waals surface area contributed by atoms with Crippen molar-refractivity contribution in [2.45, 2.75) is 0 Å². The number of rotatable bonds is 3. The van der Waals surface area contributed by atoms with Crippen molar-refractivity contribution < 1.29 is 9.53 Å². The number of isocyanates is 1. The number of carbonyl (C=O) groups excluding carboxylic acids is 1. The van der Waals surface area contributed by atoms with Gasteiger partial charge in [0.25, 0.3) is 0 Å². The van der Waals surface area contributed by atoms with Gasteiger partial charge in [0, 0.05) is 6.07 Å². The van der Waals surface area contributed by atoms with E-state index in [9.17, 15) is 4.79 Å². The fraction of sp³-hybridized carbons (Fsp3) is 0. The molecule has 3 nitrogen and oxygen atoms in total. The van der Waals surface area contributed by atoms with Crippen molar-refractivity contribution in [1.29, 1.82) is 0 Å². The topological polar surface area (TPSA) is 38.7 Å². The van der Waals surface area contributed by atoms with E-state index in [0.29, 0.717) is 21.5 Å². The average Bonchev–Trinajstić information content (AvgIpc) is 2.37. The maximum atomic E-state index is 10.4. The van der Waals surface area contributed by atoms with Gasteiger partial charge >= 0.3 is 0 Å². The Balaban J connectivity index is 2.43. The second-order valence-electron chi connectivity index (χ2n) is 3.35. The van der Waals surface area contributed by atoms with Crippen LogP contribution in [0.4, 0.5) is 5.69 Å². The van der Waals surface area contributed by atoms with Crippen LogP contribution in [0.3, 0.4) is 0 Å². The van der Waals surface area contributed by atoms with Gasteiger partial charge in [-0.1, -0.05) is 41.4 Å². The van der Waals surface area contributed by atoms with Gasteiger partial charge in [-0.25, -0.2) is 4.79 Å². The number of benzene rings is 2. The number of aliphatic imine (C=N–C) groups is 1. The van der Waals surface area contributed by atoms with E-state index < -0.39 is 0 Å². The lowest BCUT2D eigenvalue weighted by Crippen LogP contribution is -1.85. The van der Waals surface area contributed by atoms with E-state index in [1.807, 2.05) is 18.2 Å². The van der Waals surface area contributed by atoms with Crippen LogP contribution < -0.4 is 4.74 Å². The van der Waals surface area contributed by atoms with Crippen LogP contribution in [0.25, 0.3) is 0 Å². The lowest BCUT2D eigenvalue weighted by Gasteiger charge is -2.08. The van der Waals surface area contributed by atoms with E-state index in [0.717, 1.165) is 0 Å². The normalized spacial score (nSPS) is 9.67. The number of hydrogen-bond acceptors (Lipinski definition) is 3. The molecule has 0 aromatic heterocycles. The maximum absolute atomic E-state index is 10.4. The summed E-state index contributed by atoms with van der Waals surface area (Å²) in [6.45, 7) is 0. The highest BCUT2D eigenvalue weighted by molar-refractivity contribution is 6.42. The molecule has 18 heavy (non-hydrogen) atoms. The van der Waals surface area contributed by atoms with Crippen molar-refractivity contribution in [2.24, 2.45) is 4.99 Å². The van der Waals surface area contributed by atoms with Gasteiger partial charge in [0.2, 0.25) is 6.08 Å². The van der Waals surface area contributed by atoms with Gasteiger partial charge in [0.05, 0.1) is 10.0 Å². The lowest BCUT2D eigenvalue weighted by atomic mass is 10.3. The summed E-state index contributed by atoms with van der Waals surface area (Å²) in [6.07, 6.45) is 1.45. The summed E-state index contributed by atoms with van der Waals surface area (Å²) in [7, 11) is 0. The zero-order valence-electron chi connectivity index (χ0n) is 9.06. The second-order valence-corrected chi connectivity index (χ2v) is 4.17. The summed E-state index contributed by atoms with van der Waals surface area (Å²) in [5.41, 5.74) is 0.281. The van der Waals surface area contributed by atoms with Crippen LogP contribution in [0, 0.1) is 0 Å². The van der Waals surface area contributed by atoms with E-state index in [2.05, 4.69) is 4.99 Å². The van der Waals surface area contributed by atoms with Crippen molar-refractivity contribution in [2.75, 3.05) is 0 Å². The van der Waals surface area contributed by atoms with Crippen LogP contribution >= 0.6 is 23.2 Å². The molecule has 0 atom stereocenters. The molecule has 0 spiro atoms. The van der Waals surface area contributed by atoms with Gasteiger partial charge in [-0.05, 0) is 18.2 Å². The van der Waals surface area contributed by atoms with Crippen LogP contribution in [0.2, 0.25) is 10.0 Å². The van der Waals surface area contributed by atoms with Crippen molar-refractivity contribution in [3.63, 3.8) is 0 Å². The third-order valence-corrected chi connectivity index (χ3v) is 2.86. The van der Waals surface area contributed by atoms with Crippen molar-refractivity contribution in [1.82, 2.24) is 0 Å². The lowest BCUT2D eigenvalue weighted by molar-refractivity contribution is 0.484. The molecule has 2 aromatic rings. The molecule has 0 aliphatic carbocycles. The molecule has 2 rings (SSSR count). The van der Waals surface area contributed by atoms with Crippen LogP contribution in [-0.2, 0) is 4.79 Å². The molecular weight excluding hydrogens is 273 g/mol. The van der Waals surface area contributed by atoms with Gasteiger partial charge in [0.15, 0.2) is 5.75 Å². The summed E-state index contributed by atoms with van der Waals surface area (Å²) < 4.78 is 5.58. The van der Waals surface area contributed by atoms with E-state index in [-0.39, 0.29) is 5.69 Å². The molecule has 0 heterocycles. The third kappa shape index (κ3) is 2.90. The van der Waals surface area contributed by atoms with Crippen molar-refractivity contribution in [3.8, 4) is 11.5 Å². The Hall–Kier alpha value is -1.80. The summed E-state index contributed by atoms with van der Waals surface area (Å²) in [6, 6.07) is 12.0. The molecule has 0 fully saturated rings. The first-order valence-electron chi connectivity index (χ1n) is 5.00. The third-order valence-electron chi connectivity index (χ3n) is 2.14. The smallest absolute Gasteiger partial charge is 0.240 e. The summed E-state index contributed by atoms with van der Waals surface area (Å²) >= 11 is 11.7. The Labute approximate surface area is 114 Å². The van der Waals surface area contributed by atoms with Crippen LogP contribution in [0.1, 0.15) is 0 Å². The molecule has 0 saturated heterocycles. The summed E-state index contributed by atoms with van der Waals surface area (Å²) in [4.78, 5) is 13.9. The Morgan fingerprint density at radius 3 is 2.39 bits per heavy atom. The average molecular weight is 280 g/mol. The van der Waals surface area contributed by atoms with Gasteiger partial charge in [-0.2, -0.15) is 4.99 Å². The van der Waals surface area contributed by atoms with E-state index in [4.69, 9.17) is 27.9 Å². The number of nitrogens with zero attached hydrogens (tertiary/aromatic N) is 1. The Morgan fingerprint density at radius 2 is 1.72 bits per heavy atom. The minimum atomic E-state index is 0.281. The molecule has 0 N–H and O–H groups in total. The minimum Gasteiger partial charge on any atom is -0.455 e. The standard InChI is InChI=1S/C13H7Cl2NO2/c14-10-6-12(16-8-17)13(7-11(10)15)18-9-4-2-1-3-5-9/h1-7H. The predicted molar refractivity (Wildman–Crippen MR) is 70.8 cm³/mol. The molecule has 0 saturated carbocycles. The molecule has 0 aliphatic rings. The van der Waals surface area contributed by atoms with Gasteiger partial charge in [-0.3, -0.25) is 0 Å². The predicted octanol–water partition coefficient (Wildman–Crippen LogP) is 4.75. The number of ether oxygens (including phenoxy) is 1. The number of para-hydroxylation sites is 1. The highest BCUT2D eigenvalue weighted by atomic mass is 35.5. The Bertz CT molecular complexity index is 608. The van der Waals surface area contributed by atoms with Crippen LogP contribution in [0.5, 0.6) is 11.5 Å². The fourth-order valence-electron chi connectivity index (χ4n) is 1.35. The van der Waals surface area contributed by atoms with E-state index in [1.165, 1.54) is 18.2 Å². The minimum absolute atomic E-state index is 0.281. The molecule has 0 aliphatic heterocycles. The molecule has 2 aromatic carbocycles. The SMILES string of the molecule is O=C=Nc1cc(Cl)c(Cl)cc1Oc1ccccc1. The largest absolute Gasteiger partial charge is 0.455 e. The van der Waals surface area contributed by atoms with Gasteiger partial charge < -0.3 is 4.74 Å². The molecular formula is C13H7Cl2NO2. The molecule has 5 heteroatoms. The highest BCUT2D eigenvalue weighted by Gasteiger charge is 2.09. The molecule has 0 radical (unpaired) electrons. The molecule has 0 bridgehead atoms. The zero-order valence-corrected chi connectivity index (χ0v) is 10.6. The zero-order chi connectivity index (χ0) is 13.0. The summed E-state index contributed by atoms with van der Waals surface area (Å²) in [5.74, 6) is 0.956. The van der Waals surface area contributed by atoms with E-state index >= 15 is 0 Å². The number of hydrogen-bond donors (Lipinski definition) is 0. The van der Waals surface area contributed by atoms with Crippen LogP contribution in [0.15, 0.2) is 47.5 Å². The Morgan fingerprint density at radius 1 is 1.06 bits per heavy atom.